The van der Waals surface area contributed by atoms with E-state index in [-0.39, 0.29) is 12.3 Å². The van der Waals surface area contributed by atoms with Gasteiger partial charge in [0.15, 0.2) is 12.2 Å². The summed E-state index contributed by atoms with van der Waals surface area (Å²) in [5.41, 5.74) is 3.64. The Bertz CT molecular complexity index is 1350. The number of nitrogens with one attached hydrogen (secondary N) is 1. The van der Waals surface area contributed by atoms with Crippen LogP contribution in [0, 0.1) is 10.1 Å². The van der Waals surface area contributed by atoms with E-state index in [1.54, 1.807) is 18.2 Å². The number of carbonyl (C=O) groups excluding carboxylic acids is 1. The van der Waals surface area contributed by atoms with Crippen LogP contribution in [0.1, 0.15) is 31.7 Å². The Kier molecular flexibility index (Phi) is 6.79. The number of anilines is 1. The molecular weight excluding hydrogens is 458 g/mol. The minimum atomic E-state index is -0.507. The average Bonchev–Trinajstić information content (AvgIpc) is 3.27. The second kappa shape index (κ2) is 9.93. The molecule has 1 heterocycles. The van der Waals surface area contributed by atoms with Gasteiger partial charge in [0.1, 0.15) is 11.3 Å². The van der Waals surface area contributed by atoms with Crippen LogP contribution < -0.4 is 10.1 Å². The van der Waals surface area contributed by atoms with Crippen LogP contribution in [0.25, 0.3) is 22.6 Å². The highest BCUT2D eigenvalue weighted by atomic mass is 35.5. The van der Waals surface area contributed by atoms with Gasteiger partial charge >= 0.3 is 0 Å². The van der Waals surface area contributed by atoms with Crippen molar-refractivity contribution in [1.29, 1.82) is 0 Å². The van der Waals surface area contributed by atoms with E-state index in [1.165, 1.54) is 29.8 Å². The largest absolute Gasteiger partial charge is 0.484 e. The maximum Gasteiger partial charge on any atom is 0.269 e. The van der Waals surface area contributed by atoms with E-state index < -0.39 is 10.8 Å². The summed E-state index contributed by atoms with van der Waals surface area (Å²) in [6.07, 6.45) is 1.03. The van der Waals surface area contributed by atoms with Gasteiger partial charge in [-0.25, -0.2) is 4.98 Å². The predicted molar refractivity (Wildman–Crippen MR) is 130 cm³/mol. The van der Waals surface area contributed by atoms with Gasteiger partial charge in [-0.15, -0.1) is 0 Å². The van der Waals surface area contributed by atoms with Crippen LogP contribution in [-0.2, 0) is 4.79 Å². The molecule has 0 radical (unpaired) electrons. The Hall–Kier alpha value is -3.91. The molecule has 4 aromatic rings. The van der Waals surface area contributed by atoms with Gasteiger partial charge in [0.05, 0.1) is 15.6 Å². The summed E-state index contributed by atoms with van der Waals surface area (Å²) < 4.78 is 11.3. The molecule has 0 saturated heterocycles. The zero-order valence-electron chi connectivity index (χ0n) is 18.6. The number of fused-ring (bicyclic) bond motifs is 1. The van der Waals surface area contributed by atoms with Crippen molar-refractivity contribution >= 4 is 40.0 Å². The molecule has 174 valence electrons. The van der Waals surface area contributed by atoms with E-state index in [9.17, 15) is 14.9 Å². The normalized spacial score (nSPS) is 11.9. The van der Waals surface area contributed by atoms with Gasteiger partial charge in [-0.2, -0.15) is 0 Å². The number of nitro groups is 1. The van der Waals surface area contributed by atoms with E-state index in [4.69, 9.17) is 20.8 Å². The predicted octanol–water partition coefficient (Wildman–Crippen LogP) is 6.59. The number of oxazole rings is 1. The third-order valence-electron chi connectivity index (χ3n) is 5.50. The Labute approximate surface area is 200 Å². The van der Waals surface area contributed by atoms with Crippen LogP contribution in [0.15, 0.2) is 65.1 Å². The minimum Gasteiger partial charge on any atom is -0.484 e. The van der Waals surface area contributed by atoms with Crippen molar-refractivity contribution in [2.24, 2.45) is 0 Å². The van der Waals surface area contributed by atoms with Crippen molar-refractivity contribution in [1.82, 2.24) is 4.98 Å². The third kappa shape index (κ3) is 5.18. The lowest BCUT2D eigenvalue weighted by atomic mass is 9.98. The quantitative estimate of drug-likeness (QED) is 0.225. The molecule has 1 N–H and O–H groups in total. The molecule has 0 spiro atoms. The van der Waals surface area contributed by atoms with Gasteiger partial charge < -0.3 is 14.5 Å². The monoisotopic (exact) mass is 479 g/mol. The summed E-state index contributed by atoms with van der Waals surface area (Å²) in [4.78, 5) is 27.2. The van der Waals surface area contributed by atoms with Crippen molar-refractivity contribution in [3.63, 3.8) is 0 Å². The maximum atomic E-state index is 12.4. The van der Waals surface area contributed by atoms with Crippen molar-refractivity contribution in [2.75, 3.05) is 11.9 Å². The van der Waals surface area contributed by atoms with Crippen LogP contribution in [0.5, 0.6) is 5.75 Å². The molecule has 8 nitrogen and oxygen atoms in total. The smallest absolute Gasteiger partial charge is 0.269 e. The van der Waals surface area contributed by atoms with Gasteiger partial charge in [-0.3, -0.25) is 14.9 Å². The fourth-order valence-corrected chi connectivity index (χ4v) is 3.53. The summed E-state index contributed by atoms with van der Waals surface area (Å²) in [7, 11) is 0. The molecule has 0 aliphatic carbocycles. The molecule has 0 saturated carbocycles. The van der Waals surface area contributed by atoms with Gasteiger partial charge in [-0.05, 0) is 60.4 Å². The molecule has 4 rings (SSSR count). The van der Waals surface area contributed by atoms with Crippen LogP contribution in [0.2, 0.25) is 5.02 Å². The average molecular weight is 480 g/mol. The van der Waals surface area contributed by atoms with Gasteiger partial charge in [0.25, 0.3) is 11.6 Å². The molecule has 1 atom stereocenters. The minimum absolute atomic E-state index is 0.0595. The number of rotatable bonds is 8. The third-order valence-corrected chi connectivity index (χ3v) is 5.83. The first-order chi connectivity index (χ1) is 16.3. The first-order valence-corrected chi connectivity index (χ1v) is 11.1. The van der Waals surface area contributed by atoms with Crippen molar-refractivity contribution in [3.05, 3.63) is 81.4 Å². The Morgan fingerprint density at radius 2 is 1.94 bits per heavy atom. The number of nitrogens with zero attached hydrogens (tertiary/aromatic N) is 2. The number of benzene rings is 3. The second-order valence-corrected chi connectivity index (χ2v) is 8.25. The van der Waals surface area contributed by atoms with Crippen molar-refractivity contribution < 1.29 is 18.9 Å². The lowest BCUT2D eigenvalue weighted by Crippen LogP contribution is -2.20. The van der Waals surface area contributed by atoms with Crippen LogP contribution in [0.3, 0.4) is 0 Å². The Morgan fingerprint density at radius 1 is 1.18 bits per heavy atom. The molecule has 34 heavy (non-hydrogen) atoms. The zero-order chi connectivity index (χ0) is 24.2. The molecular formula is C25H22ClN3O5. The number of hydrogen-bond acceptors (Lipinski definition) is 6. The SMILES string of the molecule is CCC(C)c1ccc2oc(-c3ccc(Cl)c(NC(=O)COc4ccc([N+](=O)[O-])cc4)c3)nc2c1. The van der Waals surface area contributed by atoms with Crippen molar-refractivity contribution in [3.8, 4) is 17.2 Å². The van der Waals surface area contributed by atoms with E-state index in [0.29, 0.717) is 39.4 Å². The molecule has 3 aromatic carbocycles. The van der Waals surface area contributed by atoms with Gasteiger partial charge in [0.2, 0.25) is 5.89 Å². The number of hydrogen-bond donors (Lipinski definition) is 1. The first-order valence-electron chi connectivity index (χ1n) is 10.7. The van der Waals surface area contributed by atoms with E-state index in [0.717, 1.165) is 11.9 Å². The summed E-state index contributed by atoms with van der Waals surface area (Å²) >= 11 is 6.27. The van der Waals surface area contributed by atoms with Crippen molar-refractivity contribution in [2.45, 2.75) is 26.2 Å². The summed E-state index contributed by atoms with van der Waals surface area (Å²) in [5, 5.41) is 13.8. The molecule has 0 aliphatic rings. The summed E-state index contributed by atoms with van der Waals surface area (Å²) in [6, 6.07) is 16.6. The number of aromatic nitrogens is 1. The van der Waals surface area contributed by atoms with Gasteiger partial charge in [-0.1, -0.05) is 31.5 Å². The molecule has 1 amide bonds. The highest BCUT2D eigenvalue weighted by Crippen LogP contribution is 2.32. The fourth-order valence-electron chi connectivity index (χ4n) is 3.36. The Balaban J connectivity index is 1.47. The zero-order valence-corrected chi connectivity index (χ0v) is 19.3. The second-order valence-electron chi connectivity index (χ2n) is 7.84. The summed E-state index contributed by atoms with van der Waals surface area (Å²) in [6.45, 7) is 4.02. The highest BCUT2D eigenvalue weighted by Gasteiger charge is 2.14. The fraction of sp³-hybridized carbons (Fsp3) is 0.200. The van der Waals surface area contributed by atoms with E-state index in [1.807, 2.05) is 18.2 Å². The standard InChI is InChI=1S/C25H22ClN3O5/c1-3-15(2)16-5-11-23-22(12-16)28-25(34-23)17-4-10-20(26)21(13-17)27-24(30)14-33-19-8-6-18(7-9-19)29(31)32/h4-13,15H,3,14H2,1-2H3,(H,27,30). The molecule has 9 heteroatoms. The number of carbonyl (C=O) groups is 1. The van der Waals surface area contributed by atoms with E-state index in [2.05, 4.69) is 24.1 Å². The van der Waals surface area contributed by atoms with Crippen LogP contribution in [0.4, 0.5) is 11.4 Å². The maximum absolute atomic E-state index is 12.4. The number of ether oxygens (including phenoxy) is 1. The molecule has 1 unspecified atom stereocenters. The van der Waals surface area contributed by atoms with Crippen LogP contribution >= 0.6 is 11.6 Å². The molecule has 0 fully saturated rings. The molecule has 0 bridgehead atoms. The first kappa shape index (κ1) is 23.3. The van der Waals surface area contributed by atoms with Crippen LogP contribution in [-0.4, -0.2) is 22.4 Å². The molecule has 1 aromatic heterocycles. The number of halogens is 1. The summed E-state index contributed by atoms with van der Waals surface area (Å²) in [5.74, 6) is 0.748. The topological polar surface area (TPSA) is 108 Å². The Morgan fingerprint density at radius 3 is 2.65 bits per heavy atom. The number of nitro benzene ring substituents is 1. The molecule has 0 aliphatic heterocycles. The highest BCUT2D eigenvalue weighted by molar-refractivity contribution is 6.33. The number of non-ortho nitro benzene ring substituents is 1. The number of amides is 1. The van der Waals surface area contributed by atoms with Gasteiger partial charge in [0, 0.05) is 17.7 Å². The lowest BCUT2D eigenvalue weighted by molar-refractivity contribution is -0.384. The lowest BCUT2D eigenvalue weighted by Gasteiger charge is -2.09. The van der Waals surface area contributed by atoms with E-state index >= 15 is 0 Å².